The normalized spacial score (nSPS) is 15.2. The van der Waals surface area contributed by atoms with Crippen LogP contribution in [0.25, 0.3) is 6.08 Å². The molecule has 0 aromatic carbocycles. The Labute approximate surface area is 146 Å². The molecule has 0 radical (unpaired) electrons. The Morgan fingerprint density at radius 1 is 1.38 bits per heavy atom. The van der Waals surface area contributed by atoms with Crippen LogP contribution in [0.5, 0.6) is 0 Å². The molecule has 1 rings (SSSR count). The minimum atomic E-state index is -0.310. The van der Waals surface area contributed by atoms with Crippen molar-refractivity contribution in [2.45, 2.75) is 46.3 Å². The first-order chi connectivity index (χ1) is 11.4. The third-order valence-corrected chi connectivity index (χ3v) is 4.18. The smallest absolute Gasteiger partial charge is 0.226 e. The van der Waals surface area contributed by atoms with Crippen LogP contribution in [-0.2, 0) is 9.53 Å². The monoisotopic (exact) mass is 330 g/mol. The van der Waals surface area contributed by atoms with Crippen LogP contribution in [0.15, 0.2) is 42.6 Å². The second-order valence-corrected chi connectivity index (χ2v) is 6.34. The van der Waals surface area contributed by atoms with Crippen molar-refractivity contribution in [3.63, 3.8) is 0 Å². The zero-order valence-corrected chi connectivity index (χ0v) is 15.5. The molecule has 0 saturated carbocycles. The molecule has 1 heterocycles. The molecule has 0 aliphatic carbocycles. The number of methoxy groups -OCH3 is 1. The fourth-order valence-corrected chi connectivity index (χ4v) is 2.51. The quantitative estimate of drug-likeness (QED) is 0.700. The minimum absolute atomic E-state index is 0.0118. The van der Waals surface area contributed by atoms with Gasteiger partial charge in [-0.3, -0.25) is 9.78 Å². The summed E-state index contributed by atoms with van der Waals surface area (Å²) in [5.74, 6) is -0.0275. The Morgan fingerprint density at radius 3 is 2.58 bits per heavy atom. The molecule has 0 spiro atoms. The van der Waals surface area contributed by atoms with E-state index in [0.717, 1.165) is 17.7 Å². The first-order valence-corrected chi connectivity index (χ1v) is 8.50. The summed E-state index contributed by atoms with van der Waals surface area (Å²) < 4.78 is 5.49. The number of hydrogen-bond acceptors (Lipinski definition) is 3. The lowest BCUT2D eigenvalue weighted by molar-refractivity contribution is -0.128. The van der Waals surface area contributed by atoms with Gasteiger partial charge in [-0.15, -0.1) is 0 Å². The topological polar surface area (TPSA) is 51.2 Å². The van der Waals surface area contributed by atoms with Gasteiger partial charge in [0.25, 0.3) is 0 Å². The van der Waals surface area contributed by atoms with Crippen LogP contribution in [0.4, 0.5) is 0 Å². The van der Waals surface area contributed by atoms with Gasteiger partial charge in [0.2, 0.25) is 5.91 Å². The van der Waals surface area contributed by atoms with Crippen molar-refractivity contribution in [2.75, 3.05) is 7.11 Å². The van der Waals surface area contributed by atoms with Crippen molar-refractivity contribution in [1.82, 2.24) is 10.3 Å². The van der Waals surface area contributed by atoms with E-state index >= 15 is 0 Å². The highest BCUT2D eigenvalue weighted by atomic mass is 16.5. The van der Waals surface area contributed by atoms with E-state index < -0.39 is 0 Å². The summed E-state index contributed by atoms with van der Waals surface area (Å²) in [6, 6.07) is 5.69. The highest BCUT2D eigenvalue weighted by molar-refractivity contribution is 5.80. The Hall–Kier alpha value is -1.94. The SMILES string of the molecule is C=C(CC)C(NC(=O)C(C)C(C=Cc1ccccn1)OC)C(C)C. The van der Waals surface area contributed by atoms with Gasteiger partial charge in [0, 0.05) is 13.3 Å². The van der Waals surface area contributed by atoms with E-state index in [9.17, 15) is 4.79 Å². The zero-order chi connectivity index (χ0) is 18.1. The van der Waals surface area contributed by atoms with E-state index in [4.69, 9.17) is 4.74 Å². The molecule has 0 fully saturated rings. The summed E-state index contributed by atoms with van der Waals surface area (Å²) in [6.07, 6.45) is 6.04. The summed E-state index contributed by atoms with van der Waals surface area (Å²) in [5, 5.41) is 3.11. The maximum Gasteiger partial charge on any atom is 0.226 e. The Kier molecular flexibility index (Phi) is 8.41. The molecule has 1 aromatic heterocycles. The molecule has 0 aliphatic heterocycles. The largest absolute Gasteiger partial charge is 0.377 e. The Balaban J connectivity index is 2.77. The summed E-state index contributed by atoms with van der Waals surface area (Å²) in [7, 11) is 1.61. The van der Waals surface area contributed by atoms with Crippen LogP contribution in [0.1, 0.15) is 39.8 Å². The van der Waals surface area contributed by atoms with Gasteiger partial charge in [-0.2, -0.15) is 0 Å². The van der Waals surface area contributed by atoms with Crippen LogP contribution in [-0.4, -0.2) is 30.1 Å². The van der Waals surface area contributed by atoms with Crippen molar-refractivity contribution < 1.29 is 9.53 Å². The fraction of sp³-hybridized carbons (Fsp3) is 0.500. The molecule has 132 valence electrons. The van der Waals surface area contributed by atoms with Gasteiger partial charge >= 0.3 is 0 Å². The van der Waals surface area contributed by atoms with Gasteiger partial charge in [0.1, 0.15) is 0 Å². The number of ether oxygens (including phenoxy) is 1. The number of carbonyl (C=O) groups is 1. The maximum atomic E-state index is 12.6. The highest BCUT2D eigenvalue weighted by Gasteiger charge is 2.26. The average molecular weight is 330 g/mol. The summed E-state index contributed by atoms with van der Waals surface area (Å²) in [5.41, 5.74) is 1.88. The van der Waals surface area contributed by atoms with Crippen LogP contribution >= 0.6 is 0 Å². The number of pyridine rings is 1. The van der Waals surface area contributed by atoms with Crippen LogP contribution < -0.4 is 5.32 Å². The standard InChI is InChI=1S/C20H30N2O2/c1-7-15(4)19(14(2)3)22-20(23)16(5)18(24-6)12-11-17-10-8-9-13-21-17/h8-14,16,18-19H,4,7H2,1-3,5-6H3,(H,22,23). The first kappa shape index (κ1) is 20.1. The van der Waals surface area contributed by atoms with E-state index in [0.29, 0.717) is 5.92 Å². The van der Waals surface area contributed by atoms with Gasteiger partial charge in [-0.1, -0.05) is 52.0 Å². The van der Waals surface area contributed by atoms with Crippen molar-refractivity contribution in [3.05, 3.63) is 48.3 Å². The summed E-state index contributed by atoms with van der Waals surface area (Å²) >= 11 is 0. The molecule has 0 aliphatic rings. The van der Waals surface area contributed by atoms with Crippen molar-refractivity contribution in [3.8, 4) is 0 Å². The lowest BCUT2D eigenvalue weighted by Gasteiger charge is -2.27. The van der Waals surface area contributed by atoms with Gasteiger partial charge in [0.15, 0.2) is 0 Å². The predicted octanol–water partition coefficient (Wildman–Crippen LogP) is 3.85. The zero-order valence-electron chi connectivity index (χ0n) is 15.5. The van der Waals surface area contributed by atoms with E-state index in [2.05, 4.69) is 37.7 Å². The van der Waals surface area contributed by atoms with E-state index in [1.807, 2.05) is 37.3 Å². The number of nitrogens with zero attached hydrogens (tertiary/aromatic N) is 1. The summed E-state index contributed by atoms with van der Waals surface area (Å²) in [4.78, 5) is 16.8. The molecule has 24 heavy (non-hydrogen) atoms. The maximum absolute atomic E-state index is 12.6. The van der Waals surface area contributed by atoms with Crippen molar-refractivity contribution >= 4 is 12.0 Å². The third kappa shape index (κ3) is 5.93. The Bertz CT molecular complexity index is 552. The molecular formula is C20H30N2O2. The summed E-state index contributed by atoms with van der Waals surface area (Å²) in [6.45, 7) is 12.2. The Morgan fingerprint density at radius 2 is 2.08 bits per heavy atom. The molecule has 1 aromatic rings. The number of rotatable bonds is 9. The van der Waals surface area contributed by atoms with Crippen molar-refractivity contribution in [2.24, 2.45) is 11.8 Å². The first-order valence-electron chi connectivity index (χ1n) is 8.50. The van der Waals surface area contributed by atoms with E-state index in [-0.39, 0.29) is 24.0 Å². The van der Waals surface area contributed by atoms with Gasteiger partial charge < -0.3 is 10.1 Å². The molecule has 4 nitrogen and oxygen atoms in total. The highest BCUT2D eigenvalue weighted by Crippen LogP contribution is 2.16. The lowest BCUT2D eigenvalue weighted by atomic mass is 9.93. The minimum Gasteiger partial charge on any atom is -0.377 e. The molecule has 3 unspecified atom stereocenters. The van der Waals surface area contributed by atoms with Gasteiger partial charge in [-0.05, 0) is 30.5 Å². The van der Waals surface area contributed by atoms with Gasteiger partial charge in [-0.25, -0.2) is 0 Å². The molecule has 1 N–H and O–H groups in total. The average Bonchev–Trinajstić information content (AvgIpc) is 2.59. The molecular weight excluding hydrogens is 300 g/mol. The van der Waals surface area contributed by atoms with E-state index in [1.54, 1.807) is 13.3 Å². The van der Waals surface area contributed by atoms with Crippen LogP contribution in [0.3, 0.4) is 0 Å². The number of aromatic nitrogens is 1. The van der Waals surface area contributed by atoms with Crippen molar-refractivity contribution in [1.29, 1.82) is 0 Å². The van der Waals surface area contributed by atoms with E-state index in [1.165, 1.54) is 0 Å². The van der Waals surface area contributed by atoms with Crippen LogP contribution in [0, 0.1) is 11.8 Å². The molecule has 4 heteroatoms. The fourth-order valence-electron chi connectivity index (χ4n) is 2.51. The number of hydrogen-bond donors (Lipinski definition) is 1. The molecule has 0 saturated heterocycles. The second-order valence-electron chi connectivity index (χ2n) is 6.34. The lowest BCUT2D eigenvalue weighted by Crippen LogP contribution is -2.44. The second kappa shape index (κ2) is 10.0. The van der Waals surface area contributed by atoms with Gasteiger partial charge in [0.05, 0.1) is 23.8 Å². The predicted molar refractivity (Wildman–Crippen MR) is 99.4 cm³/mol. The molecule has 1 amide bonds. The van der Waals surface area contributed by atoms with Crippen LogP contribution in [0.2, 0.25) is 0 Å². The number of nitrogens with one attached hydrogen (secondary N) is 1. The third-order valence-electron chi connectivity index (χ3n) is 4.18. The molecule has 0 bridgehead atoms. The number of amides is 1. The molecule has 3 atom stereocenters. The number of carbonyl (C=O) groups excluding carboxylic acids is 1.